The van der Waals surface area contributed by atoms with Crippen LogP contribution in [0.3, 0.4) is 0 Å². The molecule has 0 N–H and O–H groups in total. The quantitative estimate of drug-likeness (QED) is 0.160. The zero-order chi connectivity index (χ0) is 35.3. The van der Waals surface area contributed by atoms with Crippen molar-refractivity contribution in [3.63, 3.8) is 0 Å². The van der Waals surface area contributed by atoms with E-state index in [1.807, 2.05) is 22.7 Å². The summed E-state index contributed by atoms with van der Waals surface area (Å²) in [7, 11) is 0. The van der Waals surface area contributed by atoms with Crippen molar-refractivity contribution >= 4 is 106 Å². The Labute approximate surface area is 319 Å². The number of hydrogen-bond acceptors (Lipinski definition) is 2. The first kappa shape index (κ1) is 30.2. The molecule has 0 aliphatic carbocycles. The molecule has 2 heterocycles. The molecule has 0 fully saturated rings. The molecule has 10 aromatic carbocycles. The predicted molar refractivity (Wildman–Crippen MR) is 239 cm³/mol. The Bertz CT molecular complexity index is 3440. The van der Waals surface area contributed by atoms with Crippen LogP contribution in [-0.4, -0.2) is 0 Å². The van der Waals surface area contributed by atoms with Crippen molar-refractivity contribution < 1.29 is 0 Å². The molecule has 2 aromatic heterocycles. The Balaban J connectivity index is 1.10. The second-order valence-corrected chi connectivity index (χ2v) is 16.5. The van der Waals surface area contributed by atoms with Crippen LogP contribution >= 0.6 is 22.7 Å². The molecule has 0 atom stereocenters. The molecule has 12 rings (SSSR count). The highest BCUT2D eigenvalue weighted by Gasteiger charge is 2.20. The molecule has 2 heteroatoms. The summed E-state index contributed by atoms with van der Waals surface area (Å²) in [5.74, 6) is 0. The molecule has 0 spiro atoms. The van der Waals surface area contributed by atoms with Crippen LogP contribution in [0.25, 0.3) is 117 Å². The molecular formula is C52H30S2. The van der Waals surface area contributed by atoms with Gasteiger partial charge in [0.25, 0.3) is 0 Å². The number of fused-ring (bicyclic) bond motifs is 10. The standard InChI is InChI=1S/C52H30S2/c1-2-14-33-31(12-1)13-11-22-38(33)51-39-18-5-7-20-41(39)52(42-21-8-6-19-40(42)51)43-26-25-34(35-15-3-4-16-36(35)43)32-24-27-48-44(28-32)46-29-45-37-17-9-10-23-47(37)53-49(45)30-50(46)54-48/h1-30H. The molecule has 0 amide bonds. The van der Waals surface area contributed by atoms with E-state index in [4.69, 9.17) is 0 Å². The first-order chi connectivity index (χ1) is 26.8. The normalized spacial score (nSPS) is 12.1. The van der Waals surface area contributed by atoms with Gasteiger partial charge in [0.1, 0.15) is 0 Å². The highest BCUT2D eigenvalue weighted by Crippen LogP contribution is 2.48. The fourth-order valence-corrected chi connectivity index (χ4v) is 11.4. The van der Waals surface area contributed by atoms with Crippen molar-refractivity contribution in [1.29, 1.82) is 0 Å². The predicted octanol–water partition coefficient (Wildman–Crippen LogP) is 16.0. The molecule has 0 unspecified atom stereocenters. The van der Waals surface area contributed by atoms with Crippen LogP contribution in [0.15, 0.2) is 182 Å². The lowest BCUT2D eigenvalue weighted by Gasteiger charge is -2.20. The summed E-state index contributed by atoms with van der Waals surface area (Å²) in [4.78, 5) is 0. The van der Waals surface area contributed by atoms with Crippen LogP contribution in [0.2, 0.25) is 0 Å². The van der Waals surface area contributed by atoms with Gasteiger partial charge in [0, 0.05) is 40.3 Å². The lowest BCUT2D eigenvalue weighted by molar-refractivity contribution is 1.67. The average molecular weight is 719 g/mol. The largest absolute Gasteiger partial charge is 0.135 e. The van der Waals surface area contributed by atoms with Gasteiger partial charge < -0.3 is 0 Å². The Kier molecular flexibility index (Phi) is 6.48. The van der Waals surface area contributed by atoms with E-state index in [0.29, 0.717) is 0 Å². The highest BCUT2D eigenvalue weighted by atomic mass is 32.1. The molecule has 250 valence electrons. The summed E-state index contributed by atoms with van der Waals surface area (Å²) < 4.78 is 5.40. The topological polar surface area (TPSA) is 0 Å². The third-order valence-corrected chi connectivity index (χ3v) is 13.7. The van der Waals surface area contributed by atoms with Gasteiger partial charge in [-0.1, -0.05) is 152 Å². The van der Waals surface area contributed by atoms with E-state index >= 15 is 0 Å². The summed E-state index contributed by atoms with van der Waals surface area (Å²) >= 11 is 3.80. The number of thiophene rings is 2. The zero-order valence-corrected chi connectivity index (χ0v) is 30.8. The summed E-state index contributed by atoms with van der Waals surface area (Å²) in [6, 6.07) is 67.9. The lowest BCUT2D eigenvalue weighted by Crippen LogP contribution is -1.93. The first-order valence-corrected chi connectivity index (χ1v) is 20.1. The molecule has 54 heavy (non-hydrogen) atoms. The fraction of sp³-hybridized carbons (Fsp3) is 0. The second-order valence-electron chi connectivity index (χ2n) is 14.3. The van der Waals surface area contributed by atoms with E-state index in [1.165, 1.54) is 117 Å². The van der Waals surface area contributed by atoms with E-state index in [2.05, 4.69) is 182 Å². The minimum atomic E-state index is 1.25. The molecule has 0 aliphatic rings. The summed E-state index contributed by atoms with van der Waals surface area (Å²) in [6.07, 6.45) is 0. The van der Waals surface area contributed by atoms with Crippen LogP contribution in [0.5, 0.6) is 0 Å². The maximum Gasteiger partial charge on any atom is 0.0369 e. The minimum absolute atomic E-state index is 1.25. The lowest BCUT2D eigenvalue weighted by atomic mass is 9.83. The van der Waals surface area contributed by atoms with Crippen molar-refractivity contribution in [2.75, 3.05) is 0 Å². The van der Waals surface area contributed by atoms with Crippen molar-refractivity contribution in [2.45, 2.75) is 0 Å². The van der Waals surface area contributed by atoms with Crippen LogP contribution in [0, 0.1) is 0 Å². The van der Waals surface area contributed by atoms with Crippen LogP contribution in [0.1, 0.15) is 0 Å². The number of benzene rings is 10. The molecule has 0 aliphatic heterocycles. The summed E-state index contributed by atoms with van der Waals surface area (Å²) in [5.41, 5.74) is 7.64. The Hall–Kier alpha value is -6.32. The van der Waals surface area contributed by atoms with E-state index in [-0.39, 0.29) is 0 Å². The summed E-state index contributed by atoms with van der Waals surface area (Å²) in [6.45, 7) is 0. The van der Waals surface area contributed by atoms with Crippen LogP contribution < -0.4 is 0 Å². The second kappa shape index (κ2) is 11.6. The van der Waals surface area contributed by atoms with Gasteiger partial charge in [-0.15, -0.1) is 22.7 Å². The Morgan fingerprint density at radius 1 is 0.241 bits per heavy atom. The van der Waals surface area contributed by atoms with E-state index in [1.54, 1.807) is 0 Å². The SMILES string of the molecule is c1ccc2c(-c3c4ccccc4c(-c4ccc(-c5ccc6sc7cc8sc9ccccc9c8cc7c6c5)c5ccccc45)c4ccccc34)cccc2c1. The van der Waals surface area contributed by atoms with Crippen molar-refractivity contribution in [3.8, 4) is 33.4 Å². The molecule has 0 radical (unpaired) electrons. The number of rotatable bonds is 3. The maximum absolute atomic E-state index is 2.44. The fourth-order valence-electron chi connectivity index (χ4n) is 9.08. The van der Waals surface area contributed by atoms with Gasteiger partial charge >= 0.3 is 0 Å². The smallest absolute Gasteiger partial charge is 0.0369 e. The van der Waals surface area contributed by atoms with Crippen molar-refractivity contribution in [2.24, 2.45) is 0 Å². The van der Waals surface area contributed by atoms with Gasteiger partial charge in [0.2, 0.25) is 0 Å². The minimum Gasteiger partial charge on any atom is -0.135 e. The first-order valence-electron chi connectivity index (χ1n) is 18.5. The van der Waals surface area contributed by atoms with Gasteiger partial charge in [-0.2, -0.15) is 0 Å². The van der Waals surface area contributed by atoms with E-state index in [0.717, 1.165) is 0 Å². The van der Waals surface area contributed by atoms with Crippen LogP contribution in [-0.2, 0) is 0 Å². The van der Waals surface area contributed by atoms with Gasteiger partial charge in [-0.05, 0) is 107 Å². The molecule has 0 bridgehead atoms. The van der Waals surface area contributed by atoms with Gasteiger partial charge in [0.15, 0.2) is 0 Å². The maximum atomic E-state index is 2.44. The van der Waals surface area contributed by atoms with Gasteiger partial charge in [-0.25, -0.2) is 0 Å². The van der Waals surface area contributed by atoms with Crippen molar-refractivity contribution in [1.82, 2.24) is 0 Å². The third kappa shape index (κ3) is 4.36. The van der Waals surface area contributed by atoms with E-state index < -0.39 is 0 Å². The Morgan fingerprint density at radius 3 is 1.39 bits per heavy atom. The van der Waals surface area contributed by atoms with E-state index in [9.17, 15) is 0 Å². The summed E-state index contributed by atoms with van der Waals surface area (Å²) in [5, 5.41) is 15.6. The molecule has 12 aromatic rings. The van der Waals surface area contributed by atoms with Crippen LogP contribution in [0.4, 0.5) is 0 Å². The molecule has 0 saturated carbocycles. The molecule has 0 saturated heterocycles. The monoisotopic (exact) mass is 718 g/mol. The highest BCUT2D eigenvalue weighted by molar-refractivity contribution is 7.28. The molecular weight excluding hydrogens is 689 g/mol. The van der Waals surface area contributed by atoms with Gasteiger partial charge in [-0.3, -0.25) is 0 Å². The van der Waals surface area contributed by atoms with Gasteiger partial charge in [0.05, 0.1) is 0 Å². The third-order valence-electron chi connectivity index (χ3n) is 11.5. The average Bonchev–Trinajstić information content (AvgIpc) is 3.78. The van der Waals surface area contributed by atoms with Crippen molar-refractivity contribution in [3.05, 3.63) is 182 Å². The molecule has 0 nitrogen and oxygen atoms in total. The zero-order valence-electron chi connectivity index (χ0n) is 29.1. The Morgan fingerprint density at radius 2 is 0.704 bits per heavy atom. The number of hydrogen-bond donors (Lipinski definition) is 0.